The summed E-state index contributed by atoms with van der Waals surface area (Å²) in [6.07, 6.45) is 2.69. The summed E-state index contributed by atoms with van der Waals surface area (Å²) in [5.41, 5.74) is 0.569. The van der Waals surface area contributed by atoms with Crippen LogP contribution in [0.4, 0.5) is 16.2 Å². The zero-order valence-corrected chi connectivity index (χ0v) is 12.6. The minimum atomic E-state index is -0.502. The van der Waals surface area contributed by atoms with Gasteiger partial charge in [-0.15, -0.1) is 0 Å². The van der Waals surface area contributed by atoms with Gasteiger partial charge in [-0.05, 0) is 18.9 Å². The molecule has 2 aliphatic rings. The van der Waals surface area contributed by atoms with Gasteiger partial charge < -0.3 is 16.0 Å². The predicted molar refractivity (Wildman–Crippen MR) is 84.5 cm³/mol. The van der Waals surface area contributed by atoms with E-state index in [0.29, 0.717) is 5.69 Å². The van der Waals surface area contributed by atoms with E-state index in [1.165, 1.54) is 18.6 Å². The zero-order chi connectivity index (χ0) is 16.2. The molecule has 124 valence electrons. The highest BCUT2D eigenvalue weighted by Gasteiger charge is 2.29. The highest BCUT2D eigenvalue weighted by atomic mass is 16.6. The van der Waals surface area contributed by atoms with Crippen LogP contribution in [-0.4, -0.2) is 41.5 Å². The molecule has 23 heavy (non-hydrogen) atoms. The highest BCUT2D eigenvalue weighted by Crippen LogP contribution is 2.18. The van der Waals surface area contributed by atoms with Gasteiger partial charge in [0.2, 0.25) is 0 Å². The molecule has 1 aromatic rings. The average molecular weight is 320 g/mol. The summed E-state index contributed by atoms with van der Waals surface area (Å²) in [5, 5.41) is 22.7. The molecule has 4 N–H and O–H groups in total. The Morgan fingerprint density at radius 3 is 2.74 bits per heavy atom. The number of carbonyl (C=O) groups is 1. The van der Waals surface area contributed by atoms with Gasteiger partial charge in [-0.1, -0.05) is 12.5 Å². The van der Waals surface area contributed by atoms with Crippen LogP contribution in [0.25, 0.3) is 0 Å². The molecule has 2 saturated heterocycles. The SMILES string of the molecule is O=C1NC(Nc2cccc([N+](=O)[O-])c2)NC(N2CCCCC2)N1. The number of rotatable bonds is 4. The largest absolute Gasteiger partial charge is 0.353 e. The fourth-order valence-electron chi connectivity index (χ4n) is 2.87. The van der Waals surface area contributed by atoms with Crippen molar-refractivity contribution >= 4 is 17.4 Å². The third-order valence-electron chi connectivity index (χ3n) is 3.99. The number of likely N-dealkylation sites (tertiary alicyclic amines) is 1. The van der Waals surface area contributed by atoms with Crippen molar-refractivity contribution in [2.24, 2.45) is 0 Å². The molecular weight excluding hydrogens is 300 g/mol. The number of nitro groups is 1. The van der Waals surface area contributed by atoms with Crippen molar-refractivity contribution in [2.45, 2.75) is 31.8 Å². The van der Waals surface area contributed by atoms with E-state index in [1.807, 2.05) is 0 Å². The van der Waals surface area contributed by atoms with Crippen molar-refractivity contribution in [3.63, 3.8) is 0 Å². The number of nitro benzene ring substituents is 1. The minimum Gasteiger partial charge on any atom is -0.353 e. The van der Waals surface area contributed by atoms with E-state index in [0.717, 1.165) is 25.9 Å². The summed E-state index contributed by atoms with van der Waals surface area (Å²) in [6.45, 7) is 1.86. The van der Waals surface area contributed by atoms with Crippen molar-refractivity contribution in [2.75, 3.05) is 18.4 Å². The topological polar surface area (TPSA) is 112 Å². The third kappa shape index (κ3) is 3.88. The number of carbonyl (C=O) groups excluding carboxylic acids is 1. The lowest BCUT2D eigenvalue weighted by Crippen LogP contribution is -2.72. The van der Waals surface area contributed by atoms with Gasteiger partial charge in [-0.3, -0.25) is 15.0 Å². The Hall–Kier alpha value is -2.39. The Balaban J connectivity index is 1.66. The Labute approximate surface area is 133 Å². The Morgan fingerprint density at radius 2 is 2.00 bits per heavy atom. The lowest BCUT2D eigenvalue weighted by molar-refractivity contribution is -0.384. The van der Waals surface area contributed by atoms with Crippen LogP contribution in [0.1, 0.15) is 19.3 Å². The molecule has 2 aliphatic heterocycles. The molecule has 2 unspecified atom stereocenters. The predicted octanol–water partition coefficient (Wildman–Crippen LogP) is 0.962. The summed E-state index contributed by atoms with van der Waals surface area (Å²) >= 11 is 0. The first-order valence-electron chi connectivity index (χ1n) is 7.70. The fourth-order valence-corrected chi connectivity index (χ4v) is 2.87. The van der Waals surface area contributed by atoms with Gasteiger partial charge in [0.1, 0.15) is 6.29 Å². The Kier molecular flexibility index (Phi) is 4.58. The molecule has 0 spiro atoms. The monoisotopic (exact) mass is 320 g/mol. The number of non-ortho nitro benzene ring substituents is 1. The standard InChI is InChI=1S/C14H20N6O3/c21-14-17-12(15-10-5-4-6-11(9-10)20(22)23)16-13(18-14)19-7-2-1-3-8-19/h4-6,9,12-13,15-16H,1-3,7-8H2,(H2,17,18,21). The Morgan fingerprint density at radius 1 is 1.22 bits per heavy atom. The number of nitrogens with zero attached hydrogens (tertiary/aromatic N) is 2. The van der Waals surface area contributed by atoms with Gasteiger partial charge in [-0.25, -0.2) is 10.1 Å². The minimum absolute atomic E-state index is 0.00263. The number of hydrogen-bond donors (Lipinski definition) is 4. The molecule has 3 rings (SSSR count). The van der Waals surface area contributed by atoms with Crippen molar-refractivity contribution in [3.05, 3.63) is 34.4 Å². The molecular formula is C14H20N6O3. The smallest absolute Gasteiger partial charge is 0.319 e. The molecule has 9 heteroatoms. The molecule has 0 saturated carbocycles. The molecule has 2 amide bonds. The third-order valence-corrected chi connectivity index (χ3v) is 3.99. The van der Waals surface area contributed by atoms with Crippen molar-refractivity contribution in [1.29, 1.82) is 0 Å². The van der Waals surface area contributed by atoms with Crippen LogP contribution < -0.4 is 21.3 Å². The van der Waals surface area contributed by atoms with E-state index in [9.17, 15) is 14.9 Å². The van der Waals surface area contributed by atoms with E-state index in [4.69, 9.17) is 0 Å². The van der Waals surface area contributed by atoms with Crippen LogP contribution in [0.15, 0.2) is 24.3 Å². The number of hydrogen-bond acceptors (Lipinski definition) is 6. The van der Waals surface area contributed by atoms with Gasteiger partial charge in [0, 0.05) is 30.9 Å². The maximum absolute atomic E-state index is 11.9. The number of anilines is 1. The number of nitrogens with one attached hydrogen (secondary N) is 4. The van der Waals surface area contributed by atoms with Crippen molar-refractivity contribution in [1.82, 2.24) is 20.9 Å². The first kappa shape index (κ1) is 15.5. The lowest BCUT2D eigenvalue weighted by Gasteiger charge is -2.41. The van der Waals surface area contributed by atoms with Crippen LogP contribution in [0.3, 0.4) is 0 Å². The van der Waals surface area contributed by atoms with E-state index in [1.54, 1.807) is 12.1 Å². The lowest BCUT2D eigenvalue weighted by atomic mass is 10.1. The average Bonchev–Trinajstić information content (AvgIpc) is 2.55. The first-order valence-corrected chi connectivity index (χ1v) is 7.70. The van der Waals surface area contributed by atoms with Gasteiger partial charge in [0.25, 0.3) is 5.69 Å². The number of urea groups is 1. The molecule has 0 aliphatic carbocycles. The summed E-state index contributed by atoms with van der Waals surface area (Å²) in [6, 6.07) is 5.91. The summed E-state index contributed by atoms with van der Waals surface area (Å²) < 4.78 is 0. The van der Waals surface area contributed by atoms with Gasteiger partial charge in [0.05, 0.1) is 4.92 Å². The molecule has 2 fully saturated rings. The molecule has 1 aromatic carbocycles. The van der Waals surface area contributed by atoms with Crippen molar-refractivity contribution in [3.8, 4) is 0 Å². The fraction of sp³-hybridized carbons (Fsp3) is 0.500. The molecule has 0 aromatic heterocycles. The first-order chi connectivity index (χ1) is 11.1. The zero-order valence-electron chi connectivity index (χ0n) is 12.6. The van der Waals surface area contributed by atoms with Crippen LogP contribution >= 0.6 is 0 Å². The van der Waals surface area contributed by atoms with E-state index in [2.05, 4.69) is 26.2 Å². The Bertz CT molecular complexity index is 590. The van der Waals surface area contributed by atoms with Gasteiger partial charge >= 0.3 is 6.03 Å². The molecule has 9 nitrogen and oxygen atoms in total. The van der Waals surface area contributed by atoms with Gasteiger partial charge in [-0.2, -0.15) is 0 Å². The second-order valence-electron chi connectivity index (χ2n) is 5.67. The van der Waals surface area contributed by atoms with Gasteiger partial charge in [0.15, 0.2) is 6.29 Å². The number of benzene rings is 1. The molecule has 0 bridgehead atoms. The molecule has 0 radical (unpaired) electrons. The summed E-state index contributed by atoms with van der Waals surface area (Å²) in [5.74, 6) is 0. The van der Waals surface area contributed by atoms with Crippen LogP contribution in [0.2, 0.25) is 0 Å². The number of amides is 2. The van der Waals surface area contributed by atoms with Crippen LogP contribution in [-0.2, 0) is 0 Å². The van der Waals surface area contributed by atoms with E-state index >= 15 is 0 Å². The highest BCUT2D eigenvalue weighted by molar-refractivity contribution is 5.75. The van der Waals surface area contributed by atoms with Crippen molar-refractivity contribution < 1.29 is 9.72 Å². The normalized spacial score (nSPS) is 25.3. The summed E-state index contributed by atoms with van der Waals surface area (Å²) in [4.78, 5) is 24.4. The second-order valence-corrected chi connectivity index (χ2v) is 5.67. The van der Waals surface area contributed by atoms with E-state index < -0.39 is 11.2 Å². The molecule has 2 atom stereocenters. The quantitative estimate of drug-likeness (QED) is 0.486. The summed E-state index contributed by atoms with van der Waals surface area (Å²) in [7, 11) is 0. The number of piperidine rings is 1. The molecule has 2 heterocycles. The second kappa shape index (κ2) is 6.80. The maximum atomic E-state index is 11.9. The van der Waals surface area contributed by atoms with E-state index in [-0.39, 0.29) is 18.0 Å². The van der Waals surface area contributed by atoms with Crippen LogP contribution in [0, 0.1) is 10.1 Å². The maximum Gasteiger partial charge on any atom is 0.319 e. The van der Waals surface area contributed by atoms with Crippen LogP contribution in [0.5, 0.6) is 0 Å².